The first-order chi connectivity index (χ1) is 15.2. The molecular formula is C21H25N5O5S. The molecule has 2 aliphatic rings. The molecule has 3 heterocycles. The molecule has 1 aromatic carbocycles. The smallest absolute Gasteiger partial charge is 0.345 e. The summed E-state index contributed by atoms with van der Waals surface area (Å²) in [5.74, 6) is 0.644. The summed E-state index contributed by atoms with van der Waals surface area (Å²) in [4.78, 5) is 18.9. The Bertz CT molecular complexity index is 1190. The minimum Gasteiger partial charge on any atom is -0.505 e. The number of likely N-dealkylation sites (tertiary alicyclic amines) is 1. The number of phenolic OH excluding ortho intramolecular Hbond substituents is 1. The number of nitrogens with one attached hydrogen (secondary N) is 2. The van der Waals surface area contributed by atoms with Crippen LogP contribution >= 0.6 is 0 Å². The van der Waals surface area contributed by atoms with Gasteiger partial charge < -0.3 is 19.7 Å². The number of carbonyl (C=O) groups excluding carboxylic acids is 1. The molecule has 170 valence electrons. The molecular weight excluding hydrogens is 434 g/mol. The summed E-state index contributed by atoms with van der Waals surface area (Å²) in [5, 5.41) is 13.5. The lowest BCUT2D eigenvalue weighted by Crippen LogP contribution is -2.35. The molecule has 2 aromatic rings. The molecule has 10 nitrogen and oxygen atoms in total. The van der Waals surface area contributed by atoms with Crippen LogP contribution in [-0.2, 0) is 10.2 Å². The van der Waals surface area contributed by atoms with Gasteiger partial charge in [-0.3, -0.25) is 9.79 Å². The number of anilines is 1. The third-order valence-corrected chi connectivity index (χ3v) is 6.19. The fourth-order valence-corrected chi connectivity index (χ4v) is 4.49. The van der Waals surface area contributed by atoms with E-state index in [1.54, 1.807) is 43.0 Å². The van der Waals surface area contributed by atoms with Crippen LogP contribution in [-0.4, -0.2) is 49.1 Å². The summed E-state index contributed by atoms with van der Waals surface area (Å²) < 4.78 is 35.6. The lowest BCUT2D eigenvalue weighted by molar-refractivity contribution is 0.0721. The number of amidine groups is 2. The summed E-state index contributed by atoms with van der Waals surface area (Å²) in [6, 6.07) is 7.76. The number of aryl methyl sites for hydroxylation is 1. The average Bonchev–Trinajstić information content (AvgIpc) is 3.32. The number of aromatic hydroxyl groups is 1. The second kappa shape index (κ2) is 8.65. The predicted octanol–water partition coefficient (Wildman–Crippen LogP) is 2.74. The van der Waals surface area contributed by atoms with Gasteiger partial charge in [0.05, 0.1) is 11.3 Å². The highest BCUT2D eigenvalue weighted by atomic mass is 32.2. The molecule has 32 heavy (non-hydrogen) atoms. The van der Waals surface area contributed by atoms with Crippen molar-refractivity contribution < 1.29 is 22.7 Å². The molecule has 0 saturated carbocycles. The number of hydrogen-bond acceptors (Lipinski definition) is 7. The zero-order chi connectivity index (χ0) is 22.9. The van der Waals surface area contributed by atoms with Gasteiger partial charge in [0.25, 0.3) is 5.91 Å². The van der Waals surface area contributed by atoms with Gasteiger partial charge in [-0.2, -0.15) is 8.42 Å². The van der Waals surface area contributed by atoms with Gasteiger partial charge in [-0.15, -0.1) is 4.40 Å². The molecule has 0 radical (unpaired) electrons. The minimum atomic E-state index is -3.99. The lowest BCUT2D eigenvalue weighted by atomic mass is 10.1. The maximum absolute atomic E-state index is 12.8. The Balaban J connectivity index is 1.60. The Kier molecular flexibility index (Phi) is 5.92. The Hall–Kier alpha value is -3.34. The van der Waals surface area contributed by atoms with Crippen LogP contribution in [0.5, 0.6) is 5.75 Å². The van der Waals surface area contributed by atoms with E-state index in [-0.39, 0.29) is 34.6 Å². The summed E-state index contributed by atoms with van der Waals surface area (Å²) >= 11 is 0. The zero-order valence-electron chi connectivity index (χ0n) is 17.8. The highest BCUT2D eigenvalue weighted by Gasteiger charge is 2.29. The number of rotatable bonds is 4. The van der Waals surface area contributed by atoms with E-state index in [1.165, 1.54) is 6.07 Å². The number of nitrogens with zero attached hydrogens (tertiary/aromatic N) is 3. The predicted molar refractivity (Wildman–Crippen MR) is 120 cm³/mol. The first kappa shape index (κ1) is 21.9. The molecule has 1 saturated heterocycles. The van der Waals surface area contributed by atoms with E-state index >= 15 is 0 Å². The van der Waals surface area contributed by atoms with Crippen LogP contribution in [0, 0.1) is 6.92 Å². The van der Waals surface area contributed by atoms with Crippen molar-refractivity contribution >= 4 is 33.5 Å². The van der Waals surface area contributed by atoms with Crippen LogP contribution in [0.4, 0.5) is 5.69 Å². The minimum absolute atomic E-state index is 0.0151. The van der Waals surface area contributed by atoms with Gasteiger partial charge in [-0.1, -0.05) is 6.07 Å². The van der Waals surface area contributed by atoms with Crippen molar-refractivity contribution in [2.75, 3.05) is 18.4 Å². The molecule has 0 bridgehead atoms. The third-order valence-electron chi connectivity index (χ3n) is 5.32. The Labute approximate surface area is 186 Å². The number of aliphatic imine (C=N–C) groups is 1. The molecule has 4 rings (SSSR count). The van der Waals surface area contributed by atoms with Gasteiger partial charge in [-0.25, -0.2) is 4.72 Å². The van der Waals surface area contributed by atoms with Crippen LogP contribution in [0.1, 0.15) is 54.1 Å². The SMILES string of the molecule is Cc1ccc([C@@H](C)N=C2NS(=O)(=O)N=C2Nc2cccc(C(=O)N3CCCCC3)c2O)o1. The Morgan fingerprint density at radius 2 is 2.00 bits per heavy atom. The molecule has 0 spiro atoms. The normalized spacial score (nSPS) is 20.0. The van der Waals surface area contributed by atoms with Crippen molar-refractivity contribution in [1.29, 1.82) is 0 Å². The first-order valence-corrected chi connectivity index (χ1v) is 11.8. The van der Waals surface area contributed by atoms with Gasteiger partial charge in [-0.05, 0) is 57.4 Å². The largest absolute Gasteiger partial charge is 0.505 e. The topological polar surface area (TPSA) is 137 Å². The van der Waals surface area contributed by atoms with Crippen LogP contribution in [0.25, 0.3) is 0 Å². The molecule has 0 aliphatic carbocycles. The van der Waals surface area contributed by atoms with E-state index in [0.717, 1.165) is 19.3 Å². The fraction of sp³-hybridized carbons (Fsp3) is 0.381. The van der Waals surface area contributed by atoms with E-state index in [9.17, 15) is 18.3 Å². The van der Waals surface area contributed by atoms with Crippen molar-refractivity contribution in [3.8, 4) is 5.75 Å². The number of benzene rings is 1. The molecule has 11 heteroatoms. The van der Waals surface area contributed by atoms with E-state index in [1.807, 2.05) is 0 Å². The first-order valence-electron chi connectivity index (χ1n) is 10.4. The standard InChI is InChI=1S/C21H25N5O5S/c1-13-9-10-17(31-13)14(2)22-19-20(25-32(29,30)24-19)23-16-8-6-7-15(18(16)27)21(28)26-11-4-3-5-12-26/h6-10,14,27H,3-5,11-12H2,1-2H3,(H,22,24)(H,23,25)/t14-/m1/s1. The van der Waals surface area contributed by atoms with Crippen LogP contribution in [0.3, 0.4) is 0 Å². The maximum atomic E-state index is 12.8. The number of para-hydroxylation sites is 1. The summed E-state index contributed by atoms with van der Waals surface area (Å²) in [7, 11) is -3.99. The Morgan fingerprint density at radius 3 is 2.69 bits per heavy atom. The van der Waals surface area contributed by atoms with Crippen LogP contribution in [0.2, 0.25) is 0 Å². The number of hydrogen-bond donors (Lipinski definition) is 3. The highest BCUT2D eigenvalue weighted by Crippen LogP contribution is 2.30. The number of amides is 1. The Morgan fingerprint density at radius 1 is 1.25 bits per heavy atom. The monoisotopic (exact) mass is 459 g/mol. The van der Waals surface area contributed by atoms with E-state index in [0.29, 0.717) is 24.6 Å². The maximum Gasteiger partial charge on any atom is 0.345 e. The van der Waals surface area contributed by atoms with E-state index in [4.69, 9.17) is 4.42 Å². The van der Waals surface area contributed by atoms with Gasteiger partial charge >= 0.3 is 10.2 Å². The summed E-state index contributed by atoms with van der Waals surface area (Å²) in [5.41, 5.74) is 0.295. The van der Waals surface area contributed by atoms with Crippen molar-refractivity contribution in [2.45, 2.75) is 39.2 Å². The second-order valence-corrected chi connectivity index (χ2v) is 9.14. The van der Waals surface area contributed by atoms with Gasteiger partial charge in [0.1, 0.15) is 17.6 Å². The van der Waals surface area contributed by atoms with E-state index < -0.39 is 16.3 Å². The van der Waals surface area contributed by atoms with Crippen molar-refractivity contribution in [1.82, 2.24) is 9.62 Å². The summed E-state index contributed by atoms with van der Waals surface area (Å²) in [6.45, 7) is 4.85. The molecule has 0 unspecified atom stereocenters. The average molecular weight is 460 g/mol. The van der Waals surface area contributed by atoms with Gasteiger partial charge in [0.15, 0.2) is 17.4 Å². The molecule has 1 fully saturated rings. The van der Waals surface area contributed by atoms with Crippen molar-refractivity contribution in [3.05, 3.63) is 47.4 Å². The molecule has 1 amide bonds. The zero-order valence-corrected chi connectivity index (χ0v) is 18.6. The molecule has 1 aromatic heterocycles. The third kappa shape index (κ3) is 4.62. The highest BCUT2D eigenvalue weighted by molar-refractivity contribution is 7.89. The fourth-order valence-electron chi connectivity index (χ4n) is 3.67. The van der Waals surface area contributed by atoms with E-state index in [2.05, 4.69) is 19.4 Å². The van der Waals surface area contributed by atoms with Crippen molar-refractivity contribution in [3.63, 3.8) is 0 Å². The van der Waals surface area contributed by atoms with Gasteiger partial charge in [0, 0.05) is 13.1 Å². The lowest BCUT2D eigenvalue weighted by Gasteiger charge is -2.27. The number of phenols is 1. The number of furan rings is 1. The quantitative estimate of drug-likeness (QED) is 0.602. The van der Waals surface area contributed by atoms with Gasteiger partial charge in [0.2, 0.25) is 0 Å². The second-order valence-electron chi connectivity index (χ2n) is 7.80. The van der Waals surface area contributed by atoms with Crippen LogP contribution < -0.4 is 10.0 Å². The molecule has 3 N–H and O–H groups in total. The summed E-state index contributed by atoms with van der Waals surface area (Å²) in [6.07, 6.45) is 2.94. The molecule has 1 atom stereocenters. The van der Waals surface area contributed by atoms with Crippen LogP contribution in [0.15, 0.2) is 44.1 Å². The molecule has 2 aliphatic heterocycles. The number of piperidine rings is 1. The van der Waals surface area contributed by atoms with Crippen molar-refractivity contribution in [2.24, 2.45) is 9.39 Å². The number of carbonyl (C=O) groups is 1.